The maximum atomic E-state index is 12.1. The molecule has 0 saturated carbocycles. The van der Waals surface area contributed by atoms with Crippen LogP contribution in [0.3, 0.4) is 0 Å². The molecule has 27 heavy (non-hydrogen) atoms. The van der Waals surface area contributed by atoms with E-state index in [4.69, 9.17) is 4.74 Å². The van der Waals surface area contributed by atoms with E-state index in [1.54, 1.807) is 0 Å². The van der Waals surface area contributed by atoms with Crippen LogP contribution in [-0.2, 0) is 0 Å². The first-order chi connectivity index (χ1) is 12.8. The van der Waals surface area contributed by atoms with Gasteiger partial charge in [0.2, 0.25) is 0 Å². The number of carbonyl (C=O) groups excluding carboxylic acids is 1. The van der Waals surface area contributed by atoms with Crippen molar-refractivity contribution in [1.82, 2.24) is 5.32 Å². The van der Waals surface area contributed by atoms with Crippen LogP contribution in [-0.4, -0.2) is 28.9 Å². The van der Waals surface area contributed by atoms with E-state index in [0.717, 1.165) is 35.1 Å². The molecule has 0 aliphatic rings. The molecule has 1 amide bonds. The summed E-state index contributed by atoms with van der Waals surface area (Å²) in [6.45, 7) is 4.53. The summed E-state index contributed by atoms with van der Waals surface area (Å²) in [7, 11) is 0. The third-order valence-corrected chi connectivity index (χ3v) is 3.85. The maximum absolute atomic E-state index is 12.1. The van der Waals surface area contributed by atoms with Crippen molar-refractivity contribution >= 4 is 17.3 Å². The van der Waals surface area contributed by atoms with Crippen molar-refractivity contribution < 1.29 is 19.4 Å². The molecule has 1 N–H and O–H groups in total. The van der Waals surface area contributed by atoms with Gasteiger partial charge in [-0.15, -0.1) is 0 Å². The minimum atomic E-state index is -0.776. The van der Waals surface area contributed by atoms with Gasteiger partial charge in [0.1, 0.15) is 5.75 Å². The molecule has 0 aliphatic carbocycles. The lowest BCUT2D eigenvalue weighted by Crippen LogP contribution is -2.25. The lowest BCUT2D eigenvalue weighted by Gasteiger charge is -2.12. The van der Waals surface area contributed by atoms with Crippen molar-refractivity contribution in [3.8, 4) is 5.75 Å². The molecule has 2 aromatic carbocycles. The highest BCUT2D eigenvalue weighted by molar-refractivity contribution is 5.95. The van der Waals surface area contributed by atoms with Gasteiger partial charge in [-0.1, -0.05) is 18.2 Å². The number of para-hydroxylation sites is 1. The number of hydrogen-bond acceptors (Lipinski definition) is 6. The highest BCUT2D eigenvalue weighted by atomic mass is 16.6. The van der Waals surface area contributed by atoms with Gasteiger partial charge in [0.05, 0.1) is 28.1 Å². The minimum absolute atomic E-state index is 0.133. The fourth-order valence-corrected chi connectivity index (χ4v) is 2.51. The van der Waals surface area contributed by atoms with Crippen LogP contribution in [0.2, 0.25) is 0 Å². The third-order valence-electron chi connectivity index (χ3n) is 3.85. The molecule has 0 bridgehead atoms. The molecule has 0 spiro atoms. The Labute approximate surface area is 155 Å². The van der Waals surface area contributed by atoms with Gasteiger partial charge in [0, 0.05) is 18.7 Å². The lowest BCUT2D eigenvalue weighted by atomic mass is 10.1. The van der Waals surface area contributed by atoms with E-state index in [1.807, 2.05) is 32.0 Å². The first-order valence-electron chi connectivity index (χ1n) is 8.20. The third kappa shape index (κ3) is 5.24. The normalized spacial score (nSPS) is 10.3. The van der Waals surface area contributed by atoms with E-state index in [2.05, 4.69) is 5.32 Å². The molecule has 0 heterocycles. The van der Waals surface area contributed by atoms with Gasteiger partial charge in [0.25, 0.3) is 17.3 Å². The van der Waals surface area contributed by atoms with Crippen molar-refractivity contribution in [2.75, 3.05) is 13.2 Å². The van der Waals surface area contributed by atoms with Crippen LogP contribution in [0, 0.1) is 34.1 Å². The molecule has 0 unspecified atom stereocenters. The zero-order chi connectivity index (χ0) is 20.0. The molecular formula is C18H19N3O6. The number of non-ortho nitro benzene ring substituents is 2. The van der Waals surface area contributed by atoms with Crippen LogP contribution in [0.1, 0.15) is 27.9 Å². The van der Waals surface area contributed by atoms with Gasteiger partial charge in [-0.05, 0) is 31.4 Å². The fourth-order valence-electron chi connectivity index (χ4n) is 2.51. The number of nitrogens with one attached hydrogen (secondary N) is 1. The van der Waals surface area contributed by atoms with Gasteiger partial charge in [-0.25, -0.2) is 0 Å². The fraction of sp³-hybridized carbons (Fsp3) is 0.278. The van der Waals surface area contributed by atoms with E-state index >= 15 is 0 Å². The number of hydrogen-bond donors (Lipinski definition) is 1. The average Bonchev–Trinajstić information content (AvgIpc) is 2.62. The lowest BCUT2D eigenvalue weighted by molar-refractivity contribution is -0.394. The molecule has 142 valence electrons. The Bertz CT molecular complexity index is 829. The predicted molar refractivity (Wildman–Crippen MR) is 98.1 cm³/mol. The number of nitro benzene ring substituents is 2. The molecular weight excluding hydrogens is 354 g/mol. The van der Waals surface area contributed by atoms with E-state index in [0.29, 0.717) is 13.0 Å². The summed E-state index contributed by atoms with van der Waals surface area (Å²) in [5.41, 5.74) is 0.887. The summed E-state index contributed by atoms with van der Waals surface area (Å²) >= 11 is 0. The van der Waals surface area contributed by atoms with Crippen LogP contribution in [0.15, 0.2) is 36.4 Å². The predicted octanol–water partition coefficient (Wildman–Crippen LogP) is 3.32. The van der Waals surface area contributed by atoms with Gasteiger partial charge in [-0.2, -0.15) is 0 Å². The van der Waals surface area contributed by atoms with Crippen molar-refractivity contribution in [1.29, 1.82) is 0 Å². The molecule has 0 saturated heterocycles. The van der Waals surface area contributed by atoms with E-state index in [1.165, 1.54) is 0 Å². The zero-order valence-corrected chi connectivity index (χ0v) is 14.9. The summed E-state index contributed by atoms with van der Waals surface area (Å²) in [4.78, 5) is 32.3. The smallest absolute Gasteiger partial charge is 0.277 e. The molecule has 9 nitrogen and oxygen atoms in total. The summed E-state index contributed by atoms with van der Waals surface area (Å²) in [6.07, 6.45) is 0.510. The summed E-state index contributed by atoms with van der Waals surface area (Å²) in [6, 6.07) is 8.66. The molecule has 0 aromatic heterocycles. The second kappa shape index (κ2) is 8.75. The monoisotopic (exact) mass is 373 g/mol. The average molecular weight is 373 g/mol. The standard InChI is InChI=1S/C18H19N3O6/c1-12-5-3-6-13(2)17(12)27-8-4-7-19-18(22)14-9-15(20(23)24)11-16(10-14)21(25)26/h3,5-6,9-11H,4,7-8H2,1-2H3,(H,19,22). The van der Waals surface area contributed by atoms with E-state index in [9.17, 15) is 25.0 Å². The molecule has 2 aromatic rings. The van der Waals surface area contributed by atoms with Gasteiger partial charge < -0.3 is 10.1 Å². The number of benzene rings is 2. The number of nitro groups is 2. The quantitative estimate of drug-likeness (QED) is 0.430. The Kier molecular flexibility index (Phi) is 6.42. The van der Waals surface area contributed by atoms with Crippen LogP contribution < -0.4 is 10.1 Å². The SMILES string of the molecule is Cc1cccc(C)c1OCCCNC(=O)c1cc([N+](=O)[O-])cc([N+](=O)[O-])c1. The molecule has 0 radical (unpaired) electrons. The number of aryl methyl sites for hydroxylation is 2. The number of rotatable bonds is 8. The largest absolute Gasteiger partial charge is 0.493 e. The first-order valence-corrected chi connectivity index (χ1v) is 8.20. The second-order valence-corrected chi connectivity index (χ2v) is 5.93. The highest BCUT2D eigenvalue weighted by Crippen LogP contribution is 2.23. The zero-order valence-electron chi connectivity index (χ0n) is 14.9. The first kappa shape index (κ1) is 19.8. The molecule has 0 atom stereocenters. The van der Waals surface area contributed by atoms with Crippen LogP contribution in [0.5, 0.6) is 5.75 Å². The molecule has 2 rings (SSSR count). The minimum Gasteiger partial charge on any atom is -0.493 e. The Morgan fingerprint density at radius 3 is 2.11 bits per heavy atom. The number of amides is 1. The van der Waals surface area contributed by atoms with Crippen LogP contribution in [0.25, 0.3) is 0 Å². The number of ether oxygens (including phenoxy) is 1. The maximum Gasteiger partial charge on any atom is 0.277 e. The summed E-state index contributed by atoms with van der Waals surface area (Å²) in [5.74, 6) is 0.187. The second-order valence-electron chi connectivity index (χ2n) is 5.93. The van der Waals surface area contributed by atoms with Gasteiger partial charge >= 0.3 is 0 Å². The molecule has 0 aliphatic heterocycles. The Morgan fingerprint density at radius 1 is 1.04 bits per heavy atom. The van der Waals surface area contributed by atoms with Gasteiger partial charge in [-0.3, -0.25) is 25.0 Å². The van der Waals surface area contributed by atoms with Gasteiger partial charge in [0.15, 0.2) is 0 Å². The highest BCUT2D eigenvalue weighted by Gasteiger charge is 2.19. The topological polar surface area (TPSA) is 125 Å². The Hall–Kier alpha value is -3.49. The van der Waals surface area contributed by atoms with E-state index < -0.39 is 27.1 Å². The van der Waals surface area contributed by atoms with Crippen molar-refractivity contribution in [3.63, 3.8) is 0 Å². The molecule has 9 heteroatoms. The van der Waals surface area contributed by atoms with Crippen molar-refractivity contribution in [2.45, 2.75) is 20.3 Å². The van der Waals surface area contributed by atoms with Crippen molar-refractivity contribution in [3.05, 3.63) is 73.3 Å². The summed E-state index contributed by atoms with van der Waals surface area (Å²) < 4.78 is 5.73. The Morgan fingerprint density at radius 2 is 1.59 bits per heavy atom. The van der Waals surface area contributed by atoms with Crippen LogP contribution in [0.4, 0.5) is 11.4 Å². The number of carbonyl (C=O) groups is 1. The van der Waals surface area contributed by atoms with Crippen molar-refractivity contribution in [2.24, 2.45) is 0 Å². The summed E-state index contributed by atoms with van der Waals surface area (Å²) in [5, 5.41) is 24.3. The number of nitrogens with zero attached hydrogens (tertiary/aromatic N) is 2. The molecule has 0 fully saturated rings. The van der Waals surface area contributed by atoms with E-state index in [-0.39, 0.29) is 12.1 Å². The van der Waals surface area contributed by atoms with Crippen LogP contribution >= 0.6 is 0 Å². The Balaban J connectivity index is 1.92.